The quantitative estimate of drug-likeness (QED) is 0.710. The number of methoxy groups -OCH3 is 1. The van der Waals surface area contributed by atoms with Gasteiger partial charge >= 0.3 is 0 Å². The van der Waals surface area contributed by atoms with Gasteiger partial charge in [-0.05, 0) is 33.1 Å². The summed E-state index contributed by atoms with van der Waals surface area (Å²) in [7, 11) is 1.73. The predicted octanol–water partition coefficient (Wildman–Crippen LogP) is 1.90. The molecule has 0 aromatic carbocycles. The highest BCUT2D eigenvalue weighted by Crippen LogP contribution is 2.16. The van der Waals surface area contributed by atoms with Crippen LogP contribution in [0, 0.1) is 13.8 Å². The van der Waals surface area contributed by atoms with Gasteiger partial charge in [-0.25, -0.2) is 9.97 Å². The van der Waals surface area contributed by atoms with Crippen molar-refractivity contribution in [2.24, 2.45) is 0 Å². The fourth-order valence-electron chi connectivity index (χ4n) is 1.58. The Hall–Kier alpha value is -1.36. The Labute approximate surface area is 103 Å². The molecular weight excluding hydrogens is 216 g/mol. The standard InChI is InChI=1S/C12H22N4O/c1-9-11(13)15-10(2)16-12(9)14-7-5-4-6-8-17-3/h4-8H2,1-3H3,(H3,13,14,15,16). The fourth-order valence-corrected chi connectivity index (χ4v) is 1.58. The first-order chi connectivity index (χ1) is 8.15. The molecule has 0 saturated heterocycles. The number of nitrogens with zero attached hydrogens (tertiary/aromatic N) is 2. The Morgan fingerprint density at radius 3 is 2.65 bits per heavy atom. The van der Waals surface area contributed by atoms with E-state index in [0.29, 0.717) is 11.6 Å². The first-order valence-corrected chi connectivity index (χ1v) is 5.98. The maximum absolute atomic E-state index is 5.78. The van der Waals surface area contributed by atoms with Gasteiger partial charge in [0.15, 0.2) is 0 Å². The van der Waals surface area contributed by atoms with Gasteiger partial charge in [0.1, 0.15) is 17.5 Å². The van der Waals surface area contributed by atoms with Crippen LogP contribution in [0.2, 0.25) is 0 Å². The summed E-state index contributed by atoms with van der Waals surface area (Å²) in [4.78, 5) is 8.45. The summed E-state index contributed by atoms with van der Waals surface area (Å²) >= 11 is 0. The number of hydrogen-bond acceptors (Lipinski definition) is 5. The number of aromatic nitrogens is 2. The van der Waals surface area contributed by atoms with Crippen LogP contribution >= 0.6 is 0 Å². The molecule has 1 rings (SSSR count). The van der Waals surface area contributed by atoms with Gasteiger partial charge in [-0.3, -0.25) is 0 Å². The topological polar surface area (TPSA) is 73.1 Å². The van der Waals surface area contributed by atoms with Crippen LogP contribution in [0.15, 0.2) is 0 Å². The summed E-state index contributed by atoms with van der Waals surface area (Å²) in [6.45, 7) is 5.51. The van der Waals surface area contributed by atoms with Crippen molar-refractivity contribution in [2.45, 2.75) is 33.1 Å². The lowest BCUT2D eigenvalue weighted by atomic mass is 10.2. The van der Waals surface area contributed by atoms with Gasteiger partial charge in [-0.2, -0.15) is 0 Å². The molecule has 5 heteroatoms. The van der Waals surface area contributed by atoms with Gasteiger partial charge < -0.3 is 15.8 Å². The predicted molar refractivity (Wildman–Crippen MR) is 70.1 cm³/mol. The second-order valence-corrected chi connectivity index (χ2v) is 4.11. The Bertz CT molecular complexity index is 355. The molecule has 0 spiro atoms. The van der Waals surface area contributed by atoms with E-state index in [4.69, 9.17) is 10.5 Å². The van der Waals surface area contributed by atoms with Crippen molar-refractivity contribution in [2.75, 3.05) is 31.3 Å². The third-order valence-electron chi connectivity index (χ3n) is 2.61. The van der Waals surface area contributed by atoms with Gasteiger partial charge in [-0.1, -0.05) is 0 Å². The molecule has 17 heavy (non-hydrogen) atoms. The van der Waals surface area contributed by atoms with E-state index in [1.807, 2.05) is 13.8 Å². The number of ether oxygens (including phenoxy) is 1. The number of rotatable bonds is 7. The smallest absolute Gasteiger partial charge is 0.134 e. The van der Waals surface area contributed by atoms with Crippen LogP contribution in [0.1, 0.15) is 30.7 Å². The molecular formula is C12H22N4O. The molecule has 0 radical (unpaired) electrons. The average molecular weight is 238 g/mol. The van der Waals surface area contributed by atoms with Crippen molar-refractivity contribution < 1.29 is 4.74 Å². The molecule has 0 amide bonds. The molecule has 0 unspecified atom stereocenters. The van der Waals surface area contributed by atoms with Gasteiger partial charge in [0, 0.05) is 25.8 Å². The molecule has 0 saturated carbocycles. The highest BCUT2D eigenvalue weighted by Gasteiger charge is 2.05. The van der Waals surface area contributed by atoms with Crippen molar-refractivity contribution in [3.63, 3.8) is 0 Å². The average Bonchev–Trinajstić information content (AvgIpc) is 2.29. The van der Waals surface area contributed by atoms with E-state index in [-0.39, 0.29) is 0 Å². The number of anilines is 2. The molecule has 0 aliphatic heterocycles. The molecule has 1 heterocycles. The van der Waals surface area contributed by atoms with Crippen molar-refractivity contribution >= 4 is 11.6 Å². The lowest BCUT2D eigenvalue weighted by Gasteiger charge is -2.10. The van der Waals surface area contributed by atoms with Crippen molar-refractivity contribution in [3.8, 4) is 0 Å². The fraction of sp³-hybridized carbons (Fsp3) is 0.667. The second kappa shape index (κ2) is 7.06. The first kappa shape index (κ1) is 13.7. The van der Waals surface area contributed by atoms with Crippen LogP contribution in [0.4, 0.5) is 11.6 Å². The molecule has 0 atom stereocenters. The normalized spacial score (nSPS) is 10.5. The largest absolute Gasteiger partial charge is 0.385 e. The van der Waals surface area contributed by atoms with Gasteiger partial charge in [0.05, 0.1) is 0 Å². The van der Waals surface area contributed by atoms with E-state index in [1.165, 1.54) is 0 Å². The summed E-state index contributed by atoms with van der Waals surface area (Å²) in [5, 5.41) is 3.30. The minimum atomic E-state index is 0.555. The summed E-state index contributed by atoms with van der Waals surface area (Å²) in [5.74, 6) is 2.11. The van der Waals surface area contributed by atoms with Crippen LogP contribution in [0.5, 0.6) is 0 Å². The van der Waals surface area contributed by atoms with E-state index in [0.717, 1.165) is 43.8 Å². The van der Waals surface area contributed by atoms with Crippen LogP contribution in [-0.2, 0) is 4.74 Å². The highest BCUT2D eigenvalue weighted by atomic mass is 16.5. The van der Waals surface area contributed by atoms with Crippen molar-refractivity contribution in [3.05, 3.63) is 11.4 Å². The van der Waals surface area contributed by atoms with E-state index in [2.05, 4.69) is 15.3 Å². The number of aryl methyl sites for hydroxylation is 1. The van der Waals surface area contributed by atoms with Crippen LogP contribution in [0.25, 0.3) is 0 Å². The summed E-state index contributed by atoms with van der Waals surface area (Å²) in [6.07, 6.45) is 3.35. The molecule has 0 aliphatic carbocycles. The Morgan fingerprint density at radius 2 is 1.94 bits per heavy atom. The van der Waals surface area contributed by atoms with Gasteiger partial charge in [0.25, 0.3) is 0 Å². The van der Waals surface area contributed by atoms with Crippen LogP contribution in [0.3, 0.4) is 0 Å². The number of nitrogens with one attached hydrogen (secondary N) is 1. The maximum atomic E-state index is 5.78. The van der Waals surface area contributed by atoms with Gasteiger partial charge in [-0.15, -0.1) is 0 Å². The monoisotopic (exact) mass is 238 g/mol. The summed E-state index contributed by atoms with van der Waals surface area (Å²) < 4.78 is 5.00. The minimum Gasteiger partial charge on any atom is -0.385 e. The lowest BCUT2D eigenvalue weighted by molar-refractivity contribution is 0.192. The molecule has 1 aromatic heterocycles. The minimum absolute atomic E-state index is 0.555. The van der Waals surface area contributed by atoms with E-state index >= 15 is 0 Å². The van der Waals surface area contributed by atoms with E-state index in [1.54, 1.807) is 7.11 Å². The summed E-state index contributed by atoms with van der Waals surface area (Å²) in [6, 6.07) is 0. The molecule has 5 nitrogen and oxygen atoms in total. The van der Waals surface area contributed by atoms with E-state index in [9.17, 15) is 0 Å². The zero-order valence-corrected chi connectivity index (χ0v) is 10.9. The molecule has 0 aliphatic rings. The second-order valence-electron chi connectivity index (χ2n) is 4.11. The van der Waals surface area contributed by atoms with Crippen LogP contribution < -0.4 is 11.1 Å². The number of unbranched alkanes of at least 4 members (excludes halogenated alkanes) is 2. The Morgan fingerprint density at radius 1 is 1.18 bits per heavy atom. The van der Waals surface area contributed by atoms with Crippen molar-refractivity contribution in [1.82, 2.24) is 9.97 Å². The molecule has 96 valence electrons. The third-order valence-corrected chi connectivity index (χ3v) is 2.61. The third kappa shape index (κ3) is 4.56. The zero-order valence-electron chi connectivity index (χ0n) is 10.9. The maximum Gasteiger partial charge on any atom is 0.134 e. The molecule has 3 N–H and O–H groups in total. The SMILES string of the molecule is COCCCCCNc1nc(C)nc(N)c1C. The van der Waals surface area contributed by atoms with Crippen molar-refractivity contribution in [1.29, 1.82) is 0 Å². The number of nitrogens with two attached hydrogens (primary N) is 1. The van der Waals surface area contributed by atoms with Gasteiger partial charge in [0.2, 0.25) is 0 Å². The molecule has 1 aromatic rings. The number of nitrogen functional groups attached to an aromatic ring is 1. The first-order valence-electron chi connectivity index (χ1n) is 5.98. The molecule has 0 bridgehead atoms. The Kier molecular flexibility index (Phi) is 5.69. The highest BCUT2D eigenvalue weighted by molar-refractivity contribution is 5.54. The zero-order chi connectivity index (χ0) is 12.7. The Balaban J connectivity index is 2.36. The summed E-state index contributed by atoms with van der Waals surface area (Å²) in [5.41, 5.74) is 6.71. The number of hydrogen-bond donors (Lipinski definition) is 2. The van der Waals surface area contributed by atoms with E-state index < -0.39 is 0 Å². The van der Waals surface area contributed by atoms with Crippen LogP contribution in [-0.4, -0.2) is 30.2 Å². The molecule has 0 fully saturated rings. The lowest BCUT2D eigenvalue weighted by Crippen LogP contribution is -2.09.